The van der Waals surface area contributed by atoms with Gasteiger partial charge in [0.25, 0.3) is 17.5 Å². The number of carbonyl (C=O) groups excluding carboxylic acids is 2. The molecule has 2 aromatic carbocycles. The Hall–Kier alpha value is -3.93. The summed E-state index contributed by atoms with van der Waals surface area (Å²) in [7, 11) is 1.48. The van der Waals surface area contributed by atoms with Gasteiger partial charge < -0.3 is 14.2 Å². The van der Waals surface area contributed by atoms with Crippen molar-refractivity contribution >= 4 is 34.8 Å². The van der Waals surface area contributed by atoms with Crippen molar-refractivity contribution in [3.05, 3.63) is 58.6 Å². The third-order valence-electron chi connectivity index (χ3n) is 3.41. The largest absolute Gasteiger partial charge is 0.493 e. The number of ether oxygens (including phenoxy) is 3. The summed E-state index contributed by atoms with van der Waals surface area (Å²) in [4.78, 5) is 33.7. The van der Waals surface area contributed by atoms with Crippen LogP contribution in [0.3, 0.4) is 0 Å². The van der Waals surface area contributed by atoms with Crippen LogP contribution in [0.5, 0.6) is 17.2 Å². The van der Waals surface area contributed by atoms with Crippen molar-refractivity contribution in [3.8, 4) is 17.2 Å². The number of nitrogens with one attached hydrogen (secondary N) is 3. The molecule has 30 heavy (non-hydrogen) atoms. The van der Waals surface area contributed by atoms with E-state index in [0.717, 1.165) is 0 Å². The van der Waals surface area contributed by atoms with E-state index in [1.807, 2.05) is 0 Å². The lowest BCUT2D eigenvalue weighted by atomic mass is 10.3. The Balaban J connectivity index is 1.67. The molecule has 0 radical (unpaired) electrons. The van der Waals surface area contributed by atoms with Gasteiger partial charge in [-0.2, -0.15) is 0 Å². The van der Waals surface area contributed by atoms with Gasteiger partial charge in [-0.15, -0.1) is 0 Å². The number of hydrogen-bond acceptors (Lipinski definition) is 8. The van der Waals surface area contributed by atoms with Gasteiger partial charge in [-0.25, -0.2) is 0 Å². The second-order valence-corrected chi connectivity index (χ2v) is 5.94. The highest BCUT2D eigenvalue weighted by atomic mass is 32.1. The smallest absolute Gasteiger partial charge is 0.276 e. The molecule has 0 aliphatic carbocycles. The molecule has 0 saturated heterocycles. The number of thiocarbonyl (C=S) groups is 1. The van der Waals surface area contributed by atoms with E-state index < -0.39 is 16.7 Å². The van der Waals surface area contributed by atoms with Crippen LogP contribution in [0.4, 0.5) is 5.69 Å². The Kier molecular flexibility index (Phi) is 8.32. The van der Waals surface area contributed by atoms with Gasteiger partial charge in [0.15, 0.2) is 29.8 Å². The quantitative estimate of drug-likeness (QED) is 0.316. The highest BCUT2D eigenvalue weighted by Gasteiger charge is 2.10. The summed E-state index contributed by atoms with van der Waals surface area (Å²) >= 11 is 4.89. The van der Waals surface area contributed by atoms with Crippen LogP contribution in [0.1, 0.15) is 0 Å². The van der Waals surface area contributed by atoms with Crippen LogP contribution in [0.25, 0.3) is 0 Å². The van der Waals surface area contributed by atoms with E-state index in [1.165, 1.54) is 31.4 Å². The van der Waals surface area contributed by atoms with Gasteiger partial charge in [0.2, 0.25) is 0 Å². The predicted molar refractivity (Wildman–Crippen MR) is 109 cm³/mol. The molecule has 11 nitrogen and oxygen atoms in total. The lowest BCUT2D eigenvalue weighted by molar-refractivity contribution is -0.384. The first-order valence-corrected chi connectivity index (χ1v) is 8.81. The zero-order valence-electron chi connectivity index (χ0n) is 15.7. The monoisotopic (exact) mass is 434 g/mol. The van der Waals surface area contributed by atoms with Crippen molar-refractivity contribution in [2.45, 2.75) is 0 Å². The van der Waals surface area contributed by atoms with Gasteiger partial charge in [-0.3, -0.25) is 35.9 Å². The summed E-state index contributed by atoms with van der Waals surface area (Å²) < 4.78 is 15.6. The molecule has 0 bridgehead atoms. The molecular weight excluding hydrogens is 416 g/mol. The number of hydrogen-bond donors (Lipinski definition) is 3. The number of nitro groups is 1. The number of nitrogens with zero attached hydrogens (tertiary/aromatic N) is 1. The minimum atomic E-state index is -0.592. The molecule has 0 aliphatic rings. The van der Waals surface area contributed by atoms with E-state index in [9.17, 15) is 19.7 Å². The van der Waals surface area contributed by atoms with Crippen LogP contribution in [0, 0.1) is 10.1 Å². The van der Waals surface area contributed by atoms with Crippen LogP contribution in [0.15, 0.2) is 48.5 Å². The Labute approximate surface area is 176 Å². The fraction of sp³-hybridized carbons (Fsp3) is 0.167. The molecule has 0 saturated carbocycles. The van der Waals surface area contributed by atoms with Crippen LogP contribution in [-0.4, -0.2) is 42.2 Å². The van der Waals surface area contributed by atoms with Crippen molar-refractivity contribution in [2.75, 3.05) is 20.3 Å². The first kappa shape index (κ1) is 22.4. The number of methoxy groups -OCH3 is 1. The van der Waals surface area contributed by atoms with Gasteiger partial charge in [0, 0.05) is 12.1 Å². The average Bonchev–Trinajstić information content (AvgIpc) is 2.75. The molecule has 0 spiro atoms. The van der Waals surface area contributed by atoms with E-state index in [-0.39, 0.29) is 29.8 Å². The van der Waals surface area contributed by atoms with Crippen molar-refractivity contribution in [3.63, 3.8) is 0 Å². The molecule has 3 N–H and O–H groups in total. The normalized spacial score (nSPS) is 9.77. The summed E-state index contributed by atoms with van der Waals surface area (Å²) in [5.74, 6) is 0.0184. The second-order valence-electron chi connectivity index (χ2n) is 5.53. The molecule has 158 valence electrons. The minimum absolute atomic E-state index is 0.0948. The van der Waals surface area contributed by atoms with E-state index >= 15 is 0 Å². The topological polar surface area (TPSA) is 141 Å². The van der Waals surface area contributed by atoms with Gasteiger partial charge in [0.1, 0.15) is 5.75 Å². The first-order chi connectivity index (χ1) is 14.4. The lowest BCUT2D eigenvalue weighted by Gasteiger charge is -2.12. The van der Waals surface area contributed by atoms with E-state index in [4.69, 9.17) is 26.4 Å². The van der Waals surface area contributed by atoms with Crippen molar-refractivity contribution in [2.24, 2.45) is 0 Å². The highest BCUT2D eigenvalue weighted by Crippen LogP contribution is 2.25. The average molecular weight is 434 g/mol. The fourth-order valence-corrected chi connectivity index (χ4v) is 2.22. The number of amides is 2. The van der Waals surface area contributed by atoms with Crippen LogP contribution >= 0.6 is 12.2 Å². The van der Waals surface area contributed by atoms with Crippen LogP contribution < -0.4 is 30.4 Å². The van der Waals surface area contributed by atoms with Gasteiger partial charge >= 0.3 is 0 Å². The Morgan fingerprint density at radius 2 is 1.60 bits per heavy atom. The van der Waals surface area contributed by atoms with Crippen LogP contribution in [0.2, 0.25) is 0 Å². The summed E-state index contributed by atoms with van der Waals surface area (Å²) in [6.07, 6.45) is 0. The standard InChI is InChI=1S/C18H18N4O7S/c1-27-14-4-2-3-5-15(14)29-11-17(24)20-21-18(30)19-16(23)10-28-13-8-6-12(7-9-13)22(25)26/h2-9H,10-11H2,1H3,(H,20,24)(H2,19,21,23,30). The number of non-ortho nitro benzene ring substituents is 1. The summed E-state index contributed by atoms with van der Waals surface area (Å²) in [5.41, 5.74) is 4.53. The predicted octanol–water partition coefficient (Wildman–Crippen LogP) is 1.08. The number of rotatable bonds is 8. The number of hydrazine groups is 1. The molecule has 0 heterocycles. The molecule has 0 aromatic heterocycles. The fourth-order valence-electron chi connectivity index (χ4n) is 2.05. The Morgan fingerprint density at radius 3 is 2.23 bits per heavy atom. The number of para-hydroxylation sites is 2. The highest BCUT2D eigenvalue weighted by molar-refractivity contribution is 7.80. The minimum Gasteiger partial charge on any atom is -0.493 e. The molecule has 0 fully saturated rings. The maximum Gasteiger partial charge on any atom is 0.276 e. The third kappa shape index (κ3) is 7.24. The maximum atomic E-state index is 11.8. The maximum absolute atomic E-state index is 11.8. The molecule has 2 rings (SSSR count). The van der Waals surface area contributed by atoms with Gasteiger partial charge in [-0.1, -0.05) is 12.1 Å². The van der Waals surface area contributed by atoms with Gasteiger partial charge in [0.05, 0.1) is 12.0 Å². The van der Waals surface area contributed by atoms with Crippen molar-refractivity contribution in [1.82, 2.24) is 16.2 Å². The molecular formula is C18H18N4O7S. The molecule has 0 atom stereocenters. The number of nitro benzene ring substituents is 1. The molecule has 0 aliphatic heterocycles. The molecule has 12 heteroatoms. The third-order valence-corrected chi connectivity index (χ3v) is 3.62. The second kappa shape index (κ2) is 11.2. The SMILES string of the molecule is COc1ccccc1OCC(=O)NNC(=S)NC(=O)COc1ccc([N+](=O)[O-])cc1. The van der Waals surface area contributed by atoms with Crippen molar-refractivity contribution in [1.29, 1.82) is 0 Å². The van der Waals surface area contributed by atoms with Crippen LogP contribution in [-0.2, 0) is 9.59 Å². The molecule has 2 aromatic rings. The molecule has 2 amide bonds. The Morgan fingerprint density at radius 1 is 0.967 bits per heavy atom. The number of benzene rings is 2. The Bertz CT molecular complexity index is 921. The van der Waals surface area contributed by atoms with Crippen molar-refractivity contribution < 1.29 is 28.7 Å². The zero-order valence-corrected chi connectivity index (χ0v) is 16.6. The molecule has 0 unspecified atom stereocenters. The first-order valence-electron chi connectivity index (χ1n) is 8.40. The number of carbonyl (C=O) groups is 2. The van der Waals surface area contributed by atoms with E-state index in [0.29, 0.717) is 11.5 Å². The van der Waals surface area contributed by atoms with E-state index in [2.05, 4.69) is 16.2 Å². The van der Waals surface area contributed by atoms with E-state index in [1.54, 1.807) is 24.3 Å². The van der Waals surface area contributed by atoms with Gasteiger partial charge in [-0.05, 0) is 36.5 Å². The summed E-state index contributed by atoms with van der Waals surface area (Å²) in [5, 5.41) is 12.7. The lowest BCUT2D eigenvalue weighted by Crippen LogP contribution is -2.50. The zero-order chi connectivity index (χ0) is 21.9. The summed E-state index contributed by atoms with van der Waals surface area (Å²) in [6, 6.07) is 12.1. The summed E-state index contributed by atoms with van der Waals surface area (Å²) in [6.45, 7) is -0.697.